The van der Waals surface area contributed by atoms with E-state index in [1.54, 1.807) is 0 Å². The average molecular weight is 233 g/mol. The summed E-state index contributed by atoms with van der Waals surface area (Å²) in [5, 5.41) is 9.84. The third-order valence-corrected chi connectivity index (χ3v) is 3.40. The van der Waals surface area contributed by atoms with Crippen LogP contribution < -0.4 is 4.90 Å². The molecule has 2 rings (SSSR count). The van der Waals surface area contributed by atoms with Gasteiger partial charge in [0.1, 0.15) is 0 Å². The number of para-hydroxylation sites is 1. The van der Waals surface area contributed by atoms with Crippen LogP contribution in [0.5, 0.6) is 0 Å². The minimum Gasteiger partial charge on any atom is -0.389 e. The van der Waals surface area contributed by atoms with Gasteiger partial charge in [-0.15, -0.1) is 0 Å². The lowest BCUT2D eigenvalue weighted by Gasteiger charge is -2.27. The summed E-state index contributed by atoms with van der Waals surface area (Å²) in [6.07, 6.45) is 3.51. The highest BCUT2D eigenvalue weighted by Crippen LogP contribution is 2.33. The van der Waals surface area contributed by atoms with Crippen molar-refractivity contribution in [2.24, 2.45) is 5.92 Å². The van der Waals surface area contributed by atoms with Crippen molar-refractivity contribution in [3.8, 4) is 0 Å². The summed E-state index contributed by atoms with van der Waals surface area (Å²) >= 11 is 0. The molecule has 0 unspecified atom stereocenters. The molecule has 0 heterocycles. The van der Waals surface area contributed by atoms with Crippen LogP contribution >= 0.6 is 0 Å². The van der Waals surface area contributed by atoms with Gasteiger partial charge in [0.15, 0.2) is 0 Å². The van der Waals surface area contributed by atoms with E-state index in [-0.39, 0.29) is 6.10 Å². The fourth-order valence-electron chi connectivity index (χ4n) is 2.32. The number of rotatable bonds is 6. The number of anilines is 1. The predicted molar refractivity (Wildman–Crippen MR) is 72.3 cm³/mol. The standard InChI is InChI=1S/C15H23NO/c1-3-10-16(11-13-8-9-13)15-7-5-4-6-14(15)12(2)17/h4-7,12-13,17H,3,8-11H2,1-2H3/t12-/m1/s1. The summed E-state index contributed by atoms with van der Waals surface area (Å²) in [6, 6.07) is 8.25. The average Bonchev–Trinajstić information content (AvgIpc) is 3.12. The van der Waals surface area contributed by atoms with Gasteiger partial charge in [-0.05, 0) is 38.2 Å². The molecule has 1 N–H and O–H groups in total. The molecule has 0 saturated heterocycles. The second kappa shape index (κ2) is 5.54. The van der Waals surface area contributed by atoms with Crippen LogP contribution in [0.15, 0.2) is 24.3 Å². The number of aliphatic hydroxyl groups is 1. The van der Waals surface area contributed by atoms with Gasteiger partial charge in [-0.25, -0.2) is 0 Å². The minimum atomic E-state index is -0.384. The molecule has 0 aliphatic heterocycles. The van der Waals surface area contributed by atoms with Crippen LogP contribution in [0.25, 0.3) is 0 Å². The maximum absolute atomic E-state index is 9.84. The van der Waals surface area contributed by atoms with E-state index in [4.69, 9.17) is 0 Å². The SMILES string of the molecule is CCCN(CC1CC1)c1ccccc1[C@@H](C)O. The predicted octanol–water partition coefficient (Wildman–Crippen LogP) is 3.37. The first kappa shape index (κ1) is 12.4. The molecule has 0 spiro atoms. The molecule has 0 amide bonds. The van der Waals surface area contributed by atoms with Gasteiger partial charge in [-0.1, -0.05) is 25.1 Å². The Bertz CT molecular complexity index is 358. The van der Waals surface area contributed by atoms with Gasteiger partial charge >= 0.3 is 0 Å². The lowest BCUT2D eigenvalue weighted by molar-refractivity contribution is 0.199. The van der Waals surface area contributed by atoms with Crippen LogP contribution in [0.1, 0.15) is 44.8 Å². The molecule has 1 aliphatic carbocycles. The fraction of sp³-hybridized carbons (Fsp3) is 0.600. The van der Waals surface area contributed by atoms with Gasteiger partial charge in [-0.3, -0.25) is 0 Å². The van der Waals surface area contributed by atoms with Crippen molar-refractivity contribution in [1.82, 2.24) is 0 Å². The van der Waals surface area contributed by atoms with Gasteiger partial charge < -0.3 is 10.0 Å². The largest absolute Gasteiger partial charge is 0.389 e. The van der Waals surface area contributed by atoms with Crippen molar-refractivity contribution in [3.05, 3.63) is 29.8 Å². The zero-order valence-corrected chi connectivity index (χ0v) is 10.9. The lowest BCUT2D eigenvalue weighted by Crippen LogP contribution is -2.27. The van der Waals surface area contributed by atoms with Gasteiger partial charge in [-0.2, -0.15) is 0 Å². The van der Waals surface area contributed by atoms with Gasteiger partial charge in [0, 0.05) is 24.3 Å². The van der Waals surface area contributed by atoms with E-state index in [1.807, 2.05) is 19.1 Å². The highest BCUT2D eigenvalue weighted by atomic mass is 16.3. The fourth-order valence-corrected chi connectivity index (χ4v) is 2.32. The molecule has 1 fully saturated rings. The topological polar surface area (TPSA) is 23.5 Å². The van der Waals surface area contributed by atoms with Crippen LogP contribution in [0.4, 0.5) is 5.69 Å². The Morgan fingerprint density at radius 3 is 2.65 bits per heavy atom. The molecule has 1 aromatic carbocycles. The maximum Gasteiger partial charge on any atom is 0.0781 e. The van der Waals surface area contributed by atoms with Crippen molar-refractivity contribution >= 4 is 5.69 Å². The van der Waals surface area contributed by atoms with E-state index >= 15 is 0 Å². The Labute approximate surface area is 104 Å². The quantitative estimate of drug-likeness (QED) is 0.814. The molecule has 94 valence electrons. The summed E-state index contributed by atoms with van der Waals surface area (Å²) in [7, 11) is 0. The molecule has 17 heavy (non-hydrogen) atoms. The first-order valence-electron chi connectivity index (χ1n) is 6.74. The number of nitrogens with zero attached hydrogens (tertiary/aromatic N) is 1. The second-order valence-corrected chi connectivity index (χ2v) is 5.12. The van der Waals surface area contributed by atoms with E-state index in [2.05, 4.69) is 24.0 Å². The molecule has 1 saturated carbocycles. The number of benzene rings is 1. The number of aliphatic hydroxyl groups excluding tert-OH is 1. The van der Waals surface area contributed by atoms with Crippen LogP contribution in [0.3, 0.4) is 0 Å². The second-order valence-electron chi connectivity index (χ2n) is 5.12. The monoisotopic (exact) mass is 233 g/mol. The zero-order chi connectivity index (χ0) is 12.3. The Hall–Kier alpha value is -1.02. The smallest absolute Gasteiger partial charge is 0.0781 e. The lowest BCUT2D eigenvalue weighted by atomic mass is 10.1. The van der Waals surface area contributed by atoms with Gasteiger partial charge in [0.25, 0.3) is 0 Å². The molecule has 2 heteroatoms. The maximum atomic E-state index is 9.84. The normalized spacial score (nSPS) is 16.9. The molecule has 1 aromatic rings. The summed E-state index contributed by atoms with van der Waals surface area (Å²) in [6.45, 7) is 6.29. The molecular weight excluding hydrogens is 210 g/mol. The molecule has 1 aliphatic rings. The van der Waals surface area contributed by atoms with E-state index in [0.29, 0.717) is 0 Å². The van der Waals surface area contributed by atoms with Crippen molar-refractivity contribution < 1.29 is 5.11 Å². The van der Waals surface area contributed by atoms with Gasteiger partial charge in [0.2, 0.25) is 0 Å². The zero-order valence-electron chi connectivity index (χ0n) is 10.9. The first-order chi connectivity index (χ1) is 8.22. The molecule has 0 aromatic heterocycles. The Morgan fingerprint density at radius 2 is 2.06 bits per heavy atom. The number of hydrogen-bond donors (Lipinski definition) is 1. The summed E-state index contributed by atoms with van der Waals surface area (Å²) < 4.78 is 0. The van der Waals surface area contributed by atoms with E-state index in [9.17, 15) is 5.11 Å². The van der Waals surface area contributed by atoms with Crippen LogP contribution in [-0.2, 0) is 0 Å². The first-order valence-corrected chi connectivity index (χ1v) is 6.74. The third kappa shape index (κ3) is 3.22. The van der Waals surface area contributed by atoms with E-state index in [1.165, 1.54) is 18.5 Å². The van der Waals surface area contributed by atoms with Crippen molar-refractivity contribution in [3.63, 3.8) is 0 Å². The molecule has 2 nitrogen and oxygen atoms in total. The summed E-state index contributed by atoms with van der Waals surface area (Å²) in [5.74, 6) is 0.878. The summed E-state index contributed by atoms with van der Waals surface area (Å²) in [4.78, 5) is 2.44. The van der Waals surface area contributed by atoms with Crippen molar-refractivity contribution in [2.45, 2.75) is 39.2 Å². The minimum absolute atomic E-state index is 0.384. The Morgan fingerprint density at radius 1 is 1.35 bits per heavy atom. The summed E-state index contributed by atoms with van der Waals surface area (Å²) in [5.41, 5.74) is 2.28. The molecule has 1 atom stereocenters. The van der Waals surface area contributed by atoms with Crippen LogP contribution in [0, 0.1) is 5.92 Å². The number of hydrogen-bond acceptors (Lipinski definition) is 2. The van der Waals surface area contributed by atoms with E-state index < -0.39 is 0 Å². The third-order valence-electron chi connectivity index (χ3n) is 3.40. The molecular formula is C15H23NO. The van der Waals surface area contributed by atoms with E-state index in [0.717, 1.165) is 31.0 Å². The highest BCUT2D eigenvalue weighted by molar-refractivity contribution is 5.54. The van der Waals surface area contributed by atoms with Crippen LogP contribution in [-0.4, -0.2) is 18.2 Å². The van der Waals surface area contributed by atoms with Crippen molar-refractivity contribution in [2.75, 3.05) is 18.0 Å². The Balaban J connectivity index is 2.20. The highest BCUT2D eigenvalue weighted by Gasteiger charge is 2.25. The Kier molecular flexibility index (Phi) is 4.06. The van der Waals surface area contributed by atoms with Gasteiger partial charge in [0.05, 0.1) is 6.10 Å². The molecule has 0 bridgehead atoms. The van der Waals surface area contributed by atoms with Crippen LogP contribution in [0.2, 0.25) is 0 Å². The molecule has 0 radical (unpaired) electrons. The van der Waals surface area contributed by atoms with Crippen molar-refractivity contribution in [1.29, 1.82) is 0 Å².